The fraction of sp³-hybridized carbons (Fsp3) is 0.500. The van der Waals surface area contributed by atoms with Crippen LogP contribution in [0.1, 0.15) is 39.2 Å². The number of rotatable bonds is 4. The SMILES string of the molecule is CC(C)(C)OC(=O)Nc1ccc(CC2(C(=O)O)CC2)c(F)c1. The zero-order chi connectivity index (χ0) is 16.5. The van der Waals surface area contributed by atoms with Gasteiger partial charge in [0.2, 0.25) is 0 Å². The molecule has 5 nitrogen and oxygen atoms in total. The van der Waals surface area contributed by atoms with Crippen LogP contribution >= 0.6 is 0 Å². The highest BCUT2D eigenvalue weighted by atomic mass is 19.1. The molecular formula is C16H20FNO4. The third-order valence-electron chi connectivity index (χ3n) is 3.53. The van der Waals surface area contributed by atoms with E-state index in [0.717, 1.165) is 0 Å². The quantitative estimate of drug-likeness (QED) is 0.891. The molecule has 0 spiro atoms. The molecule has 0 aromatic heterocycles. The molecule has 1 aromatic rings. The van der Waals surface area contributed by atoms with Crippen LogP contribution < -0.4 is 5.32 Å². The second-order valence-electron chi connectivity index (χ2n) is 6.70. The minimum Gasteiger partial charge on any atom is -0.481 e. The number of hydrogen-bond donors (Lipinski definition) is 2. The van der Waals surface area contributed by atoms with E-state index in [9.17, 15) is 14.0 Å². The largest absolute Gasteiger partial charge is 0.481 e. The molecule has 1 aliphatic carbocycles. The number of carbonyl (C=O) groups is 2. The number of halogens is 1. The molecule has 2 rings (SSSR count). The minimum absolute atomic E-state index is 0.168. The number of aliphatic carboxylic acids is 1. The van der Waals surface area contributed by atoms with E-state index in [-0.39, 0.29) is 12.1 Å². The normalized spacial score (nSPS) is 16.0. The summed E-state index contributed by atoms with van der Waals surface area (Å²) in [5, 5.41) is 11.6. The third kappa shape index (κ3) is 3.96. The number of hydrogen-bond acceptors (Lipinski definition) is 3. The maximum atomic E-state index is 14.1. The molecule has 1 amide bonds. The number of nitrogens with one attached hydrogen (secondary N) is 1. The number of carboxylic acid groups (broad SMARTS) is 1. The van der Waals surface area contributed by atoms with E-state index in [4.69, 9.17) is 9.84 Å². The summed E-state index contributed by atoms with van der Waals surface area (Å²) in [4.78, 5) is 22.8. The number of benzene rings is 1. The summed E-state index contributed by atoms with van der Waals surface area (Å²) in [5.41, 5.74) is -0.839. The molecule has 6 heteroatoms. The van der Waals surface area contributed by atoms with Crippen LogP contribution in [0.5, 0.6) is 0 Å². The van der Waals surface area contributed by atoms with Crippen molar-refractivity contribution in [2.45, 2.75) is 45.6 Å². The first-order valence-corrected chi connectivity index (χ1v) is 7.13. The molecule has 1 saturated carbocycles. The van der Waals surface area contributed by atoms with Gasteiger partial charge in [-0.1, -0.05) is 6.07 Å². The van der Waals surface area contributed by atoms with Gasteiger partial charge >= 0.3 is 12.1 Å². The highest BCUT2D eigenvalue weighted by Crippen LogP contribution is 2.48. The summed E-state index contributed by atoms with van der Waals surface area (Å²) in [6.45, 7) is 5.20. The van der Waals surface area contributed by atoms with E-state index in [1.165, 1.54) is 12.1 Å². The van der Waals surface area contributed by atoms with Crippen molar-refractivity contribution in [2.75, 3.05) is 5.32 Å². The third-order valence-corrected chi connectivity index (χ3v) is 3.53. The van der Waals surface area contributed by atoms with Gasteiger partial charge in [0, 0.05) is 5.69 Å². The Balaban J connectivity index is 2.04. The van der Waals surface area contributed by atoms with Crippen LogP contribution in [0.15, 0.2) is 18.2 Å². The maximum absolute atomic E-state index is 14.1. The van der Waals surface area contributed by atoms with Crippen LogP contribution in [-0.2, 0) is 16.0 Å². The highest BCUT2D eigenvalue weighted by molar-refractivity contribution is 5.85. The van der Waals surface area contributed by atoms with Crippen LogP contribution in [0.2, 0.25) is 0 Å². The fourth-order valence-corrected chi connectivity index (χ4v) is 2.17. The number of carboxylic acids is 1. The standard InChI is InChI=1S/C16H20FNO4/c1-15(2,3)22-14(21)18-11-5-4-10(12(17)8-11)9-16(6-7-16)13(19)20/h4-5,8H,6-7,9H2,1-3H3,(H,18,21)(H,19,20). The molecule has 0 atom stereocenters. The van der Waals surface area contributed by atoms with Crippen LogP contribution in [0.25, 0.3) is 0 Å². The first kappa shape index (κ1) is 16.3. The summed E-state index contributed by atoms with van der Waals surface area (Å²) in [7, 11) is 0. The van der Waals surface area contributed by atoms with E-state index in [1.807, 2.05) is 0 Å². The summed E-state index contributed by atoms with van der Waals surface area (Å²) < 4.78 is 19.2. The van der Waals surface area contributed by atoms with Crippen LogP contribution in [0.4, 0.5) is 14.9 Å². The minimum atomic E-state index is -0.886. The Morgan fingerprint density at radius 2 is 2.00 bits per heavy atom. The van der Waals surface area contributed by atoms with Gasteiger partial charge in [-0.2, -0.15) is 0 Å². The first-order valence-electron chi connectivity index (χ1n) is 7.13. The molecule has 120 valence electrons. The molecule has 1 aromatic carbocycles. The molecule has 22 heavy (non-hydrogen) atoms. The molecule has 0 bridgehead atoms. The Morgan fingerprint density at radius 3 is 2.45 bits per heavy atom. The lowest BCUT2D eigenvalue weighted by atomic mass is 9.96. The lowest BCUT2D eigenvalue weighted by Crippen LogP contribution is -2.27. The van der Waals surface area contributed by atoms with Crippen molar-refractivity contribution < 1.29 is 23.8 Å². The Bertz CT molecular complexity index is 603. The van der Waals surface area contributed by atoms with E-state index in [1.54, 1.807) is 26.8 Å². The second-order valence-corrected chi connectivity index (χ2v) is 6.70. The molecule has 1 fully saturated rings. The molecule has 0 unspecified atom stereocenters. The summed E-state index contributed by atoms with van der Waals surface area (Å²) in [6.07, 6.45) is 0.643. The predicted octanol–water partition coefficient (Wildman–Crippen LogP) is 3.58. The van der Waals surface area contributed by atoms with Gasteiger partial charge in [0.15, 0.2) is 0 Å². The van der Waals surface area contributed by atoms with Crippen LogP contribution in [-0.4, -0.2) is 22.8 Å². The van der Waals surface area contributed by atoms with Crippen LogP contribution in [0, 0.1) is 11.2 Å². The van der Waals surface area contributed by atoms with Gasteiger partial charge in [0.05, 0.1) is 5.41 Å². The van der Waals surface area contributed by atoms with Gasteiger partial charge in [0.25, 0.3) is 0 Å². The van der Waals surface area contributed by atoms with Crippen LogP contribution in [0.3, 0.4) is 0 Å². The maximum Gasteiger partial charge on any atom is 0.412 e. The smallest absolute Gasteiger partial charge is 0.412 e. The topological polar surface area (TPSA) is 75.6 Å². The molecule has 0 saturated heterocycles. The zero-order valence-electron chi connectivity index (χ0n) is 12.9. The van der Waals surface area contributed by atoms with Gasteiger partial charge in [-0.25, -0.2) is 9.18 Å². The average Bonchev–Trinajstić information content (AvgIpc) is 3.11. The number of anilines is 1. The fourth-order valence-electron chi connectivity index (χ4n) is 2.17. The Kier molecular flexibility index (Phi) is 4.13. The number of carbonyl (C=O) groups excluding carboxylic acids is 1. The van der Waals surface area contributed by atoms with Crippen molar-refractivity contribution in [1.82, 2.24) is 0 Å². The second kappa shape index (κ2) is 5.59. The van der Waals surface area contributed by atoms with Crippen molar-refractivity contribution in [3.05, 3.63) is 29.6 Å². The van der Waals surface area contributed by atoms with Gasteiger partial charge < -0.3 is 9.84 Å². The number of ether oxygens (including phenoxy) is 1. The zero-order valence-corrected chi connectivity index (χ0v) is 12.9. The molecular weight excluding hydrogens is 289 g/mol. The van der Waals surface area contributed by atoms with E-state index in [2.05, 4.69) is 5.32 Å². The summed E-state index contributed by atoms with van der Waals surface area (Å²) >= 11 is 0. The van der Waals surface area contributed by atoms with Crippen molar-refractivity contribution >= 4 is 17.7 Å². The van der Waals surface area contributed by atoms with Crippen molar-refractivity contribution in [3.63, 3.8) is 0 Å². The molecule has 0 heterocycles. The lowest BCUT2D eigenvalue weighted by molar-refractivity contribution is -0.143. The molecule has 0 radical (unpaired) electrons. The first-order chi connectivity index (χ1) is 10.1. The Labute approximate surface area is 128 Å². The summed E-state index contributed by atoms with van der Waals surface area (Å²) in [6, 6.07) is 4.22. The molecule has 1 aliphatic rings. The average molecular weight is 309 g/mol. The predicted molar refractivity (Wildman–Crippen MR) is 79.3 cm³/mol. The van der Waals surface area contributed by atoms with E-state index < -0.39 is 28.9 Å². The lowest BCUT2D eigenvalue weighted by Gasteiger charge is -2.19. The Morgan fingerprint density at radius 1 is 1.36 bits per heavy atom. The monoisotopic (exact) mass is 309 g/mol. The van der Waals surface area contributed by atoms with Gasteiger partial charge in [-0.3, -0.25) is 10.1 Å². The van der Waals surface area contributed by atoms with Crippen molar-refractivity contribution in [3.8, 4) is 0 Å². The van der Waals surface area contributed by atoms with Gasteiger partial charge in [0.1, 0.15) is 11.4 Å². The van der Waals surface area contributed by atoms with Gasteiger partial charge in [-0.15, -0.1) is 0 Å². The molecule has 2 N–H and O–H groups in total. The van der Waals surface area contributed by atoms with Crippen molar-refractivity contribution in [1.29, 1.82) is 0 Å². The number of amides is 1. The van der Waals surface area contributed by atoms with E-state index in [0.29, 0.717) is 18.4 Å². The van der Waals surface area contributed by atoms with Gasteiger partial charge in [-0.05, 0) is 57.7 Å². The van der Waals surface area contributed by atoms with Crippen molar-refractivity contribution in [2.24, 2.45) is 5.41 Å². The summed E-state index contributed by atoms with van der Waals surface area (Å²) in [5.74, 6) is -1.41. The molecule has 0 aliphatic heterocycles. The highest BCUT2D eigenvalue weighted by Gasteiger charge is 2.50. The van der Waals surface area contributed by atoms with E-state index >= 15 is 0 Å². The Hall–Kier alpha value is -2.11.